The summed E-state index contributed by atoms with van der Waals surface area (Å²) in [4.78, 5) is 0. The largest absolute Gasteiger partial charge is 0.455 e. The Morgan fingerprint density at radius 1 is 1.11 bits per heavy atom. The molecule has 19 heavy (non-hydrogen) atoms. The van der Waals surface area contributed by atoms with E-state index in [9.17, 15) is 0 Å². The van der Waals surface area contributed by atoms with Gasteiger partial charge in [-0.1, -0.05) is 57.5 Å². The van der Waals surface area contributed by atoms with Crippen molar-refractivity contribution in [3.05, 3.63) is 35.4 Å². The molecule has 0 atom stereocenters. The molecule has 1 nitrogen and oxygen atoms in total. The van der Waals surface area contributed by atoms with E-state index in [1.165, 1.54) is 11.1 Å². The second kappa shape index (κ2) is 6.86. The molecule has 0 aliphatic carbocycles. The van der Waals surface area contributed by atoms with Crippen molar-refractivity contribution in [2.75, 3.05) is 0 Å². The van der Waals surface area contributed by atoms with E-state index in [0.717, 1.165) is 6.04 Å². The molecular weight excluding hydrogens is 264 g/mol. The molecule has 0 heterocycles. The molecule has 0 aromatic heterocycles. The molecule has 0 aliphatic rings. The first kappa shape index (κ1) is 16.7. The normalized spacial score (nSPS) is 12.7. The van der Waals surface area contributed by atoms with Crippen molar-refractivity contribution in [3.63, 3.8) is 0 Å². The van der Waals surface area contributed by atoms with Crippen LogP contribution in [0, 0.1) is 6.92 Å². The van der Waals surface area contributed by atoms with Gasteiger partial charge in [-0.05, 0) is 42.7 Å². The van der Waals surface area contributed by atoms with Crippen molar-refractivity contribution < 1.29 is 4.12 Å². The minimum atomic E-state index is -1.73. The van der Waals surface area contributed by atoms with Crippen LogP contribution in [0.1, 0.15) is 38.8 Å². The molecular formula is C16H29OSi2. The van der Waals surface area contributed by atoms with E-state index in [1.54, 1.807) is 0 Å². The highest BCUT2D eigenvalue weighted by Gasteiger charge is 2.42. The minimum absolute atomic E-state index is 0.647. The Bertz CT molecular complexity index is 391. The Morgan fingerprint density at radius 2 is 1.68 bits per heavy atom. The van der Waals surface area contributed by atoms with Crippen LogP contribution < -0.4 is 0 Å². The third-order valence-electron chi connectivity index (χ3n) is 3.91. The fourth-order valence-electron chi connectivity index (χ4n) is 2.87. The summed E-state index contributed by atoms with van der Waals surface area (Å²) in [6.07, 6.45) is 0. The maximum absolute atomic E-state index is 6.65. The maximum Gasteiger partial charge on any atom is 0.191 e. The first-order valence-corrected chi connectivity index (χ1v) is 12.0. The number of benzene rings is 1. The van der Waals surface area contributed by atoms with Crippen LogP contribution >= 0.6 is 0 Å². The monoisotopic (exact) mass is 293 g/mol. The van der Waals surface area contributed by atoms with Gasteiger partial charge < -0.3 is 4.12 Å². The van der Waals surface area contributed by atoms with Crippen molar-refractivity contribution in [3.8, 4) is 0 Å². The van der Waals surface area contributed by atoms with Gasteiger partial charge in [-0.3, -0.25) is 0 Å². The lowest BCUT2D eigenvalue weighted by Gasteiger charge is -2.40. The number of hydrogen-bond acceptors (Lipinski definition) is 1. The van der Waals surface area contributed by atoms with Crippen molar-refractivity contribution in [1.29, 1.82) is 0 Å². The third kappa shape index (κ3) is 4.30. The van der Waals surface area contributed by atoms with Gasteiger partial charge in [0.05, 0.1) is 0 Å². The first-order chi connectivity index (χ1) is 8.78. The van der Waals surface area contributed by atoms with Gasteiger partial charge in [0.2, 0.25) is 0 Å². The molecule has 0 saturated carbocycles. The van der Waals surface area contributed by atoms with Crippen LogP contribution in [0.5, 0.6) is 0 Å². The van der Waals surface area contributed by atoms with E-state index in [2.05, 4.69) is 72.0 Å². The molecule has 1 radical (unpaired) electrons. The second-order valence-corrected chi connectivity index (χ2v) is 13.6. The van der Waals surface area contributed by atoms with E-state index in [-0.39, 0.29) is 0 Å². The molecule has 0 fully saturated rings. The van der Waals surface area contributed by atoms with Gasteiger partial charge in [0.25, 0.3) is 0 Å². The van der Waals surface area contributed by atoms with Gasteiger partial charge in [-0.15, -0.1) is 0 Å². The standard InChI is InChI=1S/C16H29OSi2/c1-13(2)19(14(3)4,17-18(6)7)12-16-10-8-9-15(5)11-16/h8-11,13-14H,12H2,1-7H3. The fraction of sp³-hybridized carbons (Fsp3) is 0.625. The lowest BCUT2D eigenvalue weighted by molar-refractivity contribution is 0.511. The van der Waals surface area contributed by atoms with Crippen LogP contribution in [0.15, 0.2) is 24.3 Å². The summed E-state index contributed by atoms with van der Waals surface area (Å²) in [6, 6.07) is 10.1. The molecule has 0 aliphatic heterocycles. The van der Waals surface area contributed by atoms with E-state index >= 15 is 0 Å². The fourth-order valence-corrected chi connectivity index (χ4v) is 11.1. The molecule has 0 saturated heterocycles. The predicted octanol–water partition coefficient (Wildman–Crippen LogP) is 5.11. The molecule has 0 amide bonds. The van der Waals surface area contributed by atoms with Crippen LogP contribution in [0.25, 0.3) is 0 Å². The van der Waals surface area contributed by atoms with Gasteiger partial charge in [-0.2, -0.15) is 0 Å². The van der Waals surface area contributed by atoms with Crippen LogP contribution in [0.2, 0.25) is 24.2 Å². The summed E-state index contributed by atoms with van der Waals surface area (Å²) in [7, 11) is -2.38. The zero-order valence-corrected chi connectivity index (χ0v) is 15.6. The molecule has 0 unspecified atom stereocenters. The van der Waals surface area contributed by atoms with Gasteiger partial charge in [0.1, 0.15) is 0 Å². The molecule has 0 N–H and O–H groups in total. The highest BCUT2D eigenvalue weighted by molar-refractivity contribution is 6.81. The number of rotatable bonds is 6. The van der Waals surface area contributed by atoms with Crippen LogP contribution in [-0.4, -0.2) is 17.4 Å². The Hall–Kier alpha value is -0.386. The molecule has 0 bridgehead atoms. The van der Waals surface area contributed by atoms with Crippen LogP contribution in [-0.2, 0) is 10.2 Å². The zero-order chi connectivity index (χ0) is 14.6. The van der Waals surface area contributed by atoms with Crippen molar-refractivity contribution in [1.82, 2.24) is 0 Å². The number of aryl methyl sites for hydroxylation is 1. The molecule has 1 aromatic carbocycles. The van der Waals surface area contributed by atoms with Gasteiger partial charge in [0, 0.05) is 0 Å². The van der Waals surface area contributed by atoms with Crippen LogP contribution in [0.3, 0.4) is 0 Å². The highest BCUT2D eigenvalue weighted by Crippen LogP contribution is 2.36. The van der Waals surface area contributed by atoms with Crippen LogP contribution in [0.4, 0.5) is 0 Å². The molecule has 3 heteroatoms. The Kier molecular flexibility index (Phi) is 6.02. The summed E-state index contributed by atoms with van der Waals surface area (Å²) in [5.74, 6) is 0. The quantitative estimate of drug-likeness (QED) is 0.662. The Balaban J connectivity index is 3.09. The zero-order valence-electron chi connectivity index (χ0n) is 13.6. The average molecular weight is 294 g/mol. The predicted molar refractivity (Wildman–Crippen MR) is 89.4 cm³/mol. The number of hydrogen-bond donors (Lipinski definition) is 0. The Labute approximate surface area is 122 Å². The molecule has 1 aromatic rings. The summed E-state index contributed by atoms with van der Waals surface area (Å²) >= 11 is 0. The molecule has 0 spiro atoms. The minimum Gasteiger partial charge on any atom is -0.455 e. The topological polar surface area (TPSA) is 9.23 Å². The summed E-state index contributed by atoms with van der Waals surface area (Å²) in [5.41, 5.74) is 4.13. The molecule has 1 rings (SSSR count). The lowest BCUT2D eigenvalue weighted by atomic mass is 10.2. The van der Waals surface area contributed by atoms with Crippen molar-refractivity contribution >= 4 is 17.4 Å². The maximum atomic E-state index is 6.65. The van der Waals surface area contributed by atoms with E-state index in [0.29, 0.717) is 11.1 Å². The van der Waals surface area contributed by atoms with Gasteiger partial charge >= 0.3 is 0 Å². The second-order valence-electron chi connectivity index (χ2n) is 6.44. The smallest absolute Gasteiger partial charge is 0.191 e. The van der Waals surface area contributed by atoms with Crippen molar-refractivity contribution in [2.24, 2.45) is 0 Å². The molecule has 107 valence electrons. The van der Waals surface area contributed by atoms with E-state index in [4.69, 9.17) is 4.12 Å². The summed E-state index contributed by atoms with van der Waals surface area (Å²) in [5, 5.41) is 0. The lowest BCUT2D eigenvalue weighted by Crippen LogP contribution is -2.50. The van der Waals surface area contributed by atoms with Crippen molar-refractivity contribution in [2.45, 2.75) is 64.8 Å². The first-order valence-electron chi connectivity index (χ1n) is 7.32. The van der Waals surface area contributed by atoms with E-state index in [1.807, 2.05) is 0 Å². The van der Waals surface area contributed by atoms with Gasteiger partial charge in [-0.25, -0.2) is 0 Å². The Morgan fingerprint density at radius 3 is 2.11 bits per heavy atom. The van der Waals surface area contributed by atoms with E-state index < -0.39 is 17.4 Å². The highest BCUT2D eigenvalue weighted by atomic mass is 28.4. The van der Waals surface area contributed by atoms with Gasteiger partial charge in [0.15, 0.2) is 17.4 Å². The summed E-state index contributed by atoms with van der Waals surface area (Å²) < 4.78 is 6.65. The average Bonchev–Trinajstić information content (AvgIpc) is 2.26. The summed E-state index contributed by atoms with van der Waals surface area (Å²) in [6.45, 7) is 16.1. The third-order valence-corrected chi connectivity index (χ3v) is 11.9. The SMILES string of the molecule is Cc1cccc(C[Si](O[Si](C)C)(C(C)C)C(C)C)c1.